The Kier molecular flexibility index (Phi) is 4.19. The minimum Gasteiger partial charge on any atom is -0.370 e. The molecule has 2 aliphatic rings. The van der Waals surface area contributed by atoms with Gasteiger partial charge in [-0.05, 0) is 25.0 Å². The second-order valence-corrected chi connectivity index (χ2v) is 5.19. The lowest BCUT2D eigenvalue weighted by molar-refractivity contribution is -0.103. The topological polar surface area (TPSA) is 20.3 Å². The van der Waals surface area contributed by atoms with Gasteiger partial charge in [-0.3, -0.25) is 4.79 Å². The van der Waals surface area contributed by atoms with Gasteiger partial charge in [-0.25, -0.2) is 0 Å². The number of hydrogen-bond acceptors (Lipinski definition) is 2. The zero-order valence-electron chi connectivity index (χ0n) is 11.2. The molecule has 0 spiro atoms. The average molecular weight is 243 g/mol. The maximum absolute atomic E-state index is 11.0. The van der Waals surface area contributed by atoms with Gasteiger partial charge in [0.05, 0.1) is 0 Å². The van der Waals surface area contributed by atoms with Crippen molar-refractivity contribution in [1.29, 1.82) is 0 Å². The van der Waals surface area contributed by atoms with E-state index in [1.165, 1.54) is 24.8 Å². The highest BCUT2D eigenvalue weighted by Gasteiger charge is 2.17. The summed E-state index contributed by atoms with van der Waals surface area (Å²) >= 11 is 0. The highest BCUT2D eigenvalue weighted by Crippen LogP contribution is 2.26. The minimum absolute atomic E-state index is 0.424. The molecule has 0 N–H and O–H groups in total. The Morgan fingerprint density at radius 1 is 1.17 bits per heavy atom. The molecule has 96 valence electrons. The monoisotopic (exact) mass is 243 g/mol. The van der Waals surface area contributed by atoms with Crippen molar-refractivity contribution in [3.63, 3.8) is 0 Å². The summed E-state index contributed by atoms with van der Waals surface area (Å²) in [6, 6.07) is 8.51. The van der Waals surface area contributed by atoms with Crippen LogP contribution < -0.4 is 0 Å². The van der Waals surface area contributed by atoms with Crippen LogP contribution in [0.1, 0.15) is 44.2 Å². The van der Waals surface area contributed by atoms with Crippen LogP contribution in [-0.4, -0.2) is 17.2 Å². The lowest BCUT2D eigenvalue weighted by atomic mass is 9.97. The van der Waals surface area contributed by atoms with Crippen LogP contribution in [0.5, 0.6) is 0 Å². The Bertz CT molecular complexity index is 443. The van der Waals surface area contributed by atoms with Gasteiger partial charge < -0.3 is 4.90 Å². The number of rotatable bonds is 2. The second-order valence-electron chi connectivity index (χ2n) is 5.19. The third-order valence-corrected chi connectivity index (χ3v) is 3.13. The number of carbonyl (C=O) groups excluding carboxylic acids is 1. The van der Waals surface area contributed by atoms with Crippen molar-refractivity contribution in [1.82, 2.24) is 4.90 Å². The van der Waals surface area contributed by atoms with Crippen LogP contribution in [0.4, 0.5) is 0 Å². The molecule has 1 aliphatic heterocycles. The predicted molar refractivity (Wildman–Crippen MR) is 75.0 cm³/mol. The molecule has 1 aromatic rings. The van der Waals surface area contributed by atoms with Gasteiger partial charge in [0.1, 0.15) is 0 Å². The summed E-state index contributed by atoms with van der Waals surface area (Å²) in [6.07, 6.45) is 7.40. The largest absolute Gasteiger partial charge is 0.370 e. The fourth-order valence-electron chi connectivity index (χ4n) is 1.86. The average Bonchev–Trinajstić information content (AvgIpc) is 3.25. The molecular weight excluding hydrogens is 222 g/mol. The zero-order chi connectivity index (χ0) is 13.0. The van der Waals surface area contributed by atoms with Crippen molar-refractivity contribution >= 4 is 11.9 Å². The fourth-order valence-corrected chi connectivity index (χ4v) is 1.86. The number of nitrogens with zero attached hydrogens (tertiary/aromatic N) is 1. The Morgan fingerprint density at radius 2 is 1.83 bits per heavy atom. The molecule has 2 heteroatoms. The molecule has 1 heterocycles. The highest BCUT2D eigenvalue weighted by molar-refractivity contribution is 6.07. The van der Waals surface area contributed by atoms with Gasteiger partial charge >= 0.3 is 0 Å². The molecule has 0 saturated heterocycles. The molecule has 0 bridgehead atoms. The molecule has 2 nitrogen and oxygen atoms in total. The predicted octanol–water partition coefficient (Wildman–Crippen LogP) is 3.62. The van der Waals surface area contributed by atoms with E-state index in [1.807, 2.05) is 24.4 Å². The van der Waals surface area contributed by atoms with Crippen molar-refractivity contribution in [2.24, 2.45) is 0 Å². The van der Waals surface area contributed by atoms with E-state index in [4.69, 9.17) is 0 Å². The second kappa shape index (κ2) is 5.85. The van der Waals surface area contributed by atoms with Crippen LogP contribution in [-0.2, 0) is 11.3 Å². The van der Waals surface area contributed by atoms with E-state index in [2.05, 4.69) is 24.8 Å². The van der Waals surface area contributed by atoms with Crippen molar-refractivity contribution in [3.05, 3.63) is 41.6 Å². The van der Waals surface area contributed by atoms with Gasteiger partial charge in [0.15, 0.2) is 6.29 Å². The number of aldehydes is 1. The number of benzene rings is 1. The number of fused-ring (bicyclic) bond motifs is 1. The van der Waals surface area contributed by atoms with Gasteiger partial charge in [-0.15, -0.1) is 0 Å². The minimum atomic E-state index is 0.424. The van der Waals surface area contributed by atoms with Crippen molar-refractivity contribution in [2.75, 3.05) is 0 Å². The molecular formula is C16H21NO. The highest BCUT2D eigenvalue weighted by atomic mass is 16.1. The number of carbonyl (C=O) groups is 1. The summed E-state index contributed by atoms with van der Waals surface area (Å²) < 4.78 is 0. The lowest BCUT2D eigenvalue weighted by Gasteiger charge is -2.30. The van der Waals surface area contributed by atoms with Crippen molar-refractivity contribution < 1.29 is 4.79 Å². The maximum atomic E-state index is 11.0. The first-order valence-electron chi connectivity index (χ1n) is 6.73. The van der Waals surface area contributed by atoms with E-state index >= 15 is 0 Å². The molecule has 3 rings (SSSR count). The summed E-state index contributed by atoms with van der Waals surface area (Å²) in [5.74, 6) is 0. The molecule has 1 saturated carbocycles. The Labute approximate surface area is 109 Å². The van der Waals surface area contributed by atoms with Crippen LogP contribution in [0.3, 0.4) is 0 Å². The van der Waals surface area contributed by atoms with E-state index in [0.717, 1.165) is 24.0 Å². The van der Waals surface area contributed by atoms with Gasteiger partial charge in [0.2, 0.25) is 0 Å². The van der Waals surface area contributed by atoms with Crippen LogP contribution in [0, 0.1) is 0 Å². The van der Waals surface area contributed by atoms with Crippen LogP contribution in [0.2, 0.25) is 0 Å². The normalized spacial score (nSPS) is 16.4. The molecule has 0 atom stereocenters. The van der Waals surface area contributed by atoms with E-state index in [0.29, 0.717) is 6.04 Å². The fraction of sp³-hybridized carbons (Fsp3) is 0.438. The summed E-state index contributed by atoms with van der Waals surface area (Å²) in [5.41, 5.74) is 3.09. The Hall–Kier alpha value is -1.57. The first-order chi connectivity index (χ1) is 8.72. The number of hydrogen-bond donors (Lipinski definition) is 0. The molecule has 1 aromatic carbocycles. The van der Waals surface area contributed by atoms with E-state index < -0.39 is 0 Å². The van der Waals surface area contributed by atoms with E-state index in [-0.39, 0.29) is 0 Å². The van der Waals surface area contributed by atoms with Crippen molar-refractivity contribution in [3.8, 4) is 0 Å². The van der Waals surface area contributed by atoms with Gasteiger partial charge in [-0.2, -0.15) is 0 Å². The summed E-state index contributed by atoms with van der Waals surface area (Å²) in [6.45, 7) is 5.16. The van der Waals surface area contributed by atoms with Crippen LogP contribution in [0.15, 0.2) is 30.5 Å². The molecule has 1 fully saturated rings. The van der Waals surface area contributed by atoms with E-state index in [9.17, 15) is 4.79 Å². The first kappa shape index (κ1) is 12.9. The molecule has 0 amide bonds. The maximum Gasteiger partial charge on any atom is 0.152 e. The molecule has 0 radical (unpaired) electrons. The standard InChI is InChI=1S/C13H15NO.C3H6/c1-10(2)14-7-11-5-3-4-6-13(11)12(8-14)9-15;1-2-3-1/h3-6,8-10H,7H2,1-2H3;1-3H2. The van der Waals surface area contributed by atoms with Crippen LogP contribution >= 0.6 is 0 Å². The Morgan fingerprint density at radius 3 is 2.39 bits per heavy atom. The zero-order valence-corrected chi connectivity index (χ0v) is 11.2. The molecule has 1 aliphatic carbocycles. The summed E-state index contributed by atoms with van der Waals surface area (Å²) in [4.78, 5) is 13.2. The summed E-state index contributed by atoms with van der Waals surface area (Å²) in [7, 11) is 0. The first-order valence-corrected chi connectivity index (χ1v) is 6.73. The van der Waals surface area contributed by atoms with E-state index in [1.54, 1.807) is 0 Å². The SMILES string of the molecule is C1CC1.CC(C)N1C=C(C=O)c2ccccc2C1. The van der Waals surface area contributed by atoms with Crippen molar-refractivity contribution in [2.45, 2.75) is 45.7 Å². The van der Waals surface area contributed by atoms with Crippen LogP contribution in [0.25, 0.3) is 5.57 Å². The van der Waals surface area contributed by atoms with Gasteiger partial charge in [-0.1, -0.05) is 43.5 Å². The van der Waals surface area contributed by atoms with Gasteiger partial charge in [0, 0.05) is 24.4 Å². The lowest BCUT2D eigenvalue weighted by Crippen LogP contribution is -2.28. The summed E-state index contributed by atoms with van der Waals surface area (Å²) in [5, 5.41) is 0. The quantitative estimate of drug-likeness (QED) is 0.739. The van der Waals surface area contributed by atoms with Gasteiger partial charge in [0.25, 0.3) is 0 Å². The number of allylic oxidation sites excluding steroid dienone is 1. The molecule has 0 aromatic heterocycles. The third-order valence-electron chi connectivity index (χ3n) is 3.13. The Balaban J connectivity index is 0.000000350. The third kappa shape index (κ3) is 3.22. The molecule has 0 unspecified atom stereocenters. The molecule has 18 heavy (non-hydrogen) atoms. The smallest absolute Gasteiger partial charge is 0.152 e.